The molecule has 0 aliphatic carbocycles. The molecule has 0 aliphatic rings. The Morgan fingerprint density at radius 2 is 2.06 bits per heavy atom. The topological polar surface area (TPSA) is 53.1 Å². The molecule has 0 bridgehead atoms. The molecule has 0 radical (unpaired) electrons. The molecular weight excluding hydrogens is 226 g/mol. The minimum Gasteiger partial charge on any atom is -0.380 e. The van der Waals surface area contributed by atoms with Gasteiger partial charge in [-0.05, 0) is 25.3 Å². The van der Waals surface area contributed by atoms with Crippen molar-refractivity contribution in [3.05, 3.63) is 18.0 Å². The van der Waals surface area contributed by atoms with Crippen LogP contribution in [0.15, 0.2) is 12.3 Å². The molecule has 1 aromatic rings. The van der Waals surface area contributed by atoms with Crippen LogP contribution in [0, 0.1) is 5.92 Å². The number of rotatable bonds is 7. The largest absolute Gasteiger partial charge is 0.380 e. The van der Waals surface area contributed by atoms with Gasteiger partial charge in [-0.25, -0.2) is 0 Å². The van der Waals surface area contributed by atoms with Crippen molar-refractivity contribution in [2.45, 2.75) is 58.7 Å². The highest BCUT2D eigenvalue weighted by Crippen LogP contribution is 2.14. The Morgan fingerprint density at radius 1 is 1.39 bits per heavy atom. The smallest absolute Gasteiger partial charge is 0.0748 e. The number of aromatic nitrogens is 2. The third-order valence-electron chi connectivity index (χ3n) is 3.50. The van der Waals surface area contributed by atoms with Crippen LogP contribution in [-0.2, 0) is 11.2 Å². The summed E-state index contributed by atoms with van der Waals surface area (Å²) >= 11 is 0. The molecule has 104 valence electrons. The van der Waals surface area contributed by atoms with E-state index in [0.29, 0.717) is 12.0 Å². The quantitative estimate of drug-likeness (QED) is 0.812. The van der Waals surface area contributed by atoms with E-state index in [1.54, 1.807) is 7.11 Å². The van der Waals surface area contributed by atoms with Gasteiger partial charge in [-0.15, -0.1) is 0 Å². The Kier molecular flexibility index (Phi) is 5.82. The molecule has 2 N–H and O–H groups in total. The molecule has 0 saturated heterocycles. The number of nitrogens with zero attached hydrogens (tertiary/aromatic N) is 2. The number of ether oxygens (including phenoxy) is 1. The van der Waals surface area contributed by atoms with E-state index >= 15 is 0 Å². The SMILES string of the molecule is CCC(C)n1ccc(CC(N)C(OC)C(C)C)n1. The van der Waals surface area contributed by atoms with E-state index in [4.69, 9.17) is 10.5 Å². The molecule has 1 heterocycles. The zero-order valence-corrected chi connectivity index (χ0v) is 12.3. The fourth-order valence-corrected chi connectivity index (χ4v) is 2.22. The summed E-state index contributed by atoms with van der Waals surface area (Å²) in [5.74, 6) is 0.418. The van der Waals surface area contributed by atoms with Crippen molar-refractivity contribution in [1.82, 2.24) is 9.78 Å². The number of hydrogen-bond donors (Lipinski definition) is 1. The fraction of sp³-hybridized carbons (Fsp3) is 0.786. The molecule has 0 aliphatic heterocycles. The lowest BCUT2D eigenvalue weighted by atomic mass is 9.97. The number of nitrogens with two attached hydrogens (primary N) is 1. The second kappa shape index (κ2) is 6.90. The van der Waals surface area contributed by atoms with Crippen LogP contribution in [0.4, 0.5) is 0 Å². The van der Waals surface area contributed by atoms with Crippen molar-refractivity contribution >= 4 is 0 Å². The first-order valence-electron chi connectivity index (χ1n) is 6.82. The minimum absolute atomic E-state index is 0.00437. The third kappa shape index (κ3) is 3.82. The summed E-state index contributed by atoms with van der Waals surface area (Å²) in [5, 5.41) is 4.58. The summed E-state index contributed by atoms with van der Waals surface area (Å²) in [7, 11) is 1.72. The highest BCUT2D eigenvalue weighted by atomic mass is 16.5. The lowest BCUT2D eigenvalue weighted by molar-refractivity contribution is 0.0438. The average molecular weight is 253 g/mol. The van der Waals surface area contributed by atoms with Crippen molar-refractivity contribution in [3.63, 3.8) is 0 Å². The van der Waals surface area contributed by atoms with Gasteiger partial charge in [0.1, 0.15) is 0 Å². The van der Waals surface area contributed by atoms with Gasteiger partial charge < -0.3 is 10.5 Å². The van der Waals surface area contributed by atoms with Crippen LogP contribution in [0.25, 0.3) is 0 Å². The second-order valence-corrected chi connectivity index (χ2v) is 5.36. The molecular formula is C14H27N3O. The van der Waals surface area contributed by atoms with E-state index in [1.165, 1.54) is 0 Å². The van der Waals surface area contributed by atoms with E-state index in [2.05, 4.69) is 38.9 Å². The van der Waals surface area contributed by atoms with Crippen molar-refractivity contribution in [2.75, 3.05) is 7.11 Å². The molecule has 0 fully saturated rings. The molecule has 4 heteroatoms. The van der Waals surface area contributed by atoms with Crippen molar-refractivity contribution in [3.8, 4) is 0 Å². The van der Waals surface area contributed by atoms with Gasteiger partial charge in [-0.2, -0.15) is 5.10 Å². The van der Waals surface area contributed by atoms with Crippen molar-refractivity contribution in [1.29, 1.82) is 0 Å². The van der Waals surface area contributed by atoms with Gasteiger partial charge in [0.2, 0.25) is 0 Å². The van der Waals surface area contributed by atoms with Gasteiger partial charge in [0.15, 0.2) is 0 Å². The van der Waals surface area contributed by atoms with Crippen molar-refractivity contribution in [2.24, 2.45) is 11.7 Å². The molecule has 0 saturated carbocycles. The summed E-state index contributed by atoms with van der Waals surface area (Å²) in [6.07, 6.45) is 3.96. The molecule has 0 amide bonds. The Balaban J connectivity index is 2.64. The van der Waals surface area contributed by atoms with E-state index in [0.717, 1.165) is 18.5 Å². The first-order valence-corrected chi connectivity index (χ1v) is 6.82. The van der Waals surface area contributed by atoms with Crippen LogP contribution in [-0.4, -0.2) is 29.0 Å². The summed E-state index contributed by atoms with van der Waals surface area (Å²) in [6.45, 7) is 8.60. The second-order valence-electron chi connectivity index (χ2n) is 5.36. The van der Waals surface area contributed by atoms with Crippen molar-refractivity contribution < 1.29 is 4.74 Å². The Bertz CT molecular complexity index is 349. The Morgan fingerprint density at radius 3 is 2.56 bits per heavy atom. The van der Waals surface area contributed by atoms with Gasteiger partial charge in [-0.3, -0.25) is 4.68 Å². The maximum Gasteiger partial charge on any atom is 0.0748 e. The van der Waals surface area contributed by atoms with Gasteiger partial charge in [-0.1, -0.05) is 20.8 Å². The lowest BCUT2D eigenvalue weighted by Crippen LogP contribution is -2.41. The Hall–Kier alpha value is -0.870. The molecule has 18 heavy (non-hydrogen) atoms. The first kappa shape index (κ1) is 15.2. The first-order chi connectivity index (χ1) is 8.49. The molecule has 3 atom stereocenters. The van der Waals surface area contributed by atoms with Crippen LogP contribution >= 0.6 is 0 Å². The normalized spacial score (nSPS) is 16.8. The van der Waals surface area contributed by atoms with Crippen LogP contribution in [0.3, 0.4) is 0 Å². The highest BCUT2D eigenvalue weighted by Gasteiger charge is 2.22. The van der Waals surface area contributed by atoms with Crippen LogP contribution in [0.1, 0.15) is 45.9 Å². The maximum atomic E-state index is 6.21. The van der Waals surface area contributed by atoms with E-state index in [-0.39, 0.29) is 12.1 Å². The molecule has 1 aromatic heterocycles. The van der Waals surface area contributed by atoms with Crippen LogP contribution in [0.5, 0.6) is 0 Å². The zero-order valence-electron chi connectivity index (χ0n) is 12.3. The van der Waals surface area contributed by atoms with Crippen LogP contribution in [0.2, 0.25) is 0 Å². The summed E-state index contributed by atoms with van der Waals surface area (Å²) < 4.78 is 7.47. The molecule has 0 spiro atoms. The molecule has 1 rings (SSSR count). The molecule has 3 unspecified atom stereocenters. The number of methoxy groups -OCH3 is 1. The Labute approximate surface area is 111 Å². The third-order valence-corrected chi connectivity index (χ3v) is 3.50. The highest BCUT2D eigenvalue weighted by molar-refractivity contribution is 5.03. The maximum absolute atomic E-state index is 6.21. The van der Waals surface area contributed by atoms with E-state index < -0.39 is 0 Å². The lowest BCUT2D eigenvalue weighted by Gasteiger charge is -2.25. The number of hydrogen-bond acceptors (Lipinski definition) is 3. The fourth-order valence-electron chi connectivity index (χ4n) is 2.22. The van der Waals surface area contributed by atoms with E-state index in [1.807, 2.05) is 10.9 Å². The van der Waals surface area contributed by atoms with E-state index in [9.17, 15) is 0 Å². The van der Waals surface area contributed by atoms with Gasteiger partial charge in [0, 0.05) is 31.8 Å². The molecule has 0 aromatic carbocycles. The van der Waals surface area contributed by atoms with Gasteiger partial charge in [0.25, 0.3) is 0 Å². The average Bonchev–Trinajstić information content (AvgIpc) is 2.76. The minimum atomic E-state index is -0.00437. The summed E-state index contributed by atoms with van der Waals surface area (Å²) in [5.41, 5.74) is 7.25. The predicted octanol–water partition coefficient (Wildman–Crippen LogP) is 2.39. The van der Waals surface area contributed by atoms with Gasteiger partial charge >= 0.3 is 0 Å². The zero-order chi connectivity index (χ0) is 13.7. The molecule has 4 nitrogen and oxygen atoms in total. The predicted molar refractivity (Wildman–Crippen MR) is 74.5 cm³/mol. The standard InChI is InChI=1S/C14H27N3O/c1-6-11(4)17-8-7-12(16-17)9-13(15)14(18-5)10(2)3/h7-8,10-11,13-14H,6,9,15H2,1-5H3. The van der Waals surface area contributed by atoms with Crippen LogP contribution < -0.4 is 5.73 Å². The summed E-state index contributed by atoms with van der Waals surface area (Å²) in [4.78, 5) is 0. The monoisotopic (exact) mass is 253 g/mol. The summed E-state index contributed by atoms with van der Waals surface area (Å²) in [6, 6.07) is 2.49. The van der Waals surface area contributed by atoms with Gasteiger partial charge in [0.05, 0.1) is 11.8 Å².